The average Bonchev–Trinajstić information content (AvgIpc) is 2.60. The monoisotopic (exact) mass is 346 g/mol. The number of hydrazine groups is 1. The Labute approximate surface area is 145 Å². The van der Waals surface area contributed by atoms with Crippen molar-refractivity contribution in [1.29, 1.82) is 0 Å². The van der Waals surface area contributed by atoms with Gasteiger partial charge in [-0.1, -0.05) is 30.7 Å². The van der Waals surface area contributed by atoms with Crippen LogP contribution >= 0.6 is 11.6 Å². The standard InChI is InChI=1S/C18H19ClN2O3/c1-3-13-4-6-14(7-5-13)18(23)21-20-17(22)11-24-15-8-9-16(19)12(2)10-15/h4-10H,3,11H2,1-2H3,(H,20,22)(H,21,23). The maximum absolute atomic E-state index is 11.9. The second-order valence-electron chi connectivity index (χ2n) is 5.25. The summed E-state index contributed by atoms with van der Waals surface area (Å²) in [6.45, 7) is 3.67. The number of hydrogen-bond acceptors (Lipinski definition) is 3. The van der Waals surface area contributed by atoms with Crippen LogP contribution in [0.1, 0.15) is 28.4 Å². The van der Waals surface area contributed by atoms with Crippen molar-refractivity contribution in [3.63, 3.8) is 0 Å². The zero-order valence-electron chi connectivity index (χ0n) is 13.6. The lowest BCUT2D eigenvalue weighted by Gasteiger charge is -2.10. The molecule has 0 bridgehead atoms. The Morgan fingerprint density at radius 1 is 1.08 bits per heavy atom. The van der Waals surface area contributed by atoms with E-state index in [2.05, 4.69) is 10.9 Å². The summed E-state index contributed by atoms with van der Waals surface area (Å²) in [5, 5.41) is 0.633. The Morgan fingerprint density at radius 2 is 1.79 bits per heavy atom. The molecule has 2 N–H and O–H groups in total. The van der Waals surface area contributed by atoms with Crippen LogP contribution < -0.4 is 15.6 Å². The van der Waals surface area contributed by atoms with Crippen LogP contribution in [-0.2, 0) is 11.2 Å². The molecule has 0 radical (unpaired) electrons. The number of carbonyl (C=O) groups is 2. The molecule has 0 saturated carbocycles. The van der Waals surface area contributed by atoms with Gasteiger partial charge in [-0.05, 0) is 54.8 Å². The summed E-state index contributed by atoms with van der Waals surface area (Å²) < 4.78 is 5.35. The van der Waals surface area contributed by atoms with Crippen molar-refractivity contribution in [1.82, 2.24) is 10.9 Å². The van der Waals surface area contributed by atoms with Crippen molar-refractivity contribution in [2.24, 2.45) is 0 Å². The zero-order chi connectivity index (χ0) is 17.5. The second kappa shape index (κ2) is 8.36. The van der Waals surface area contributed by atoms with Crippen LogP contribution in [0, 0.1) is 6.92 Å². The van der Waals surface area contributed by atoms with Crippen LogP contribution in [-0.4, -0.2) is 18.4 Å². The van der Waals surface area contributed by atoms with Crippen LogP contribution in [0.25, 0.3) is 0 Å². The molecule has 0 atom stereocenters. The fourth-order valence-electron chi connectivity index (χ4n) is 1.98. The molecule has 2 rings (SSSR count). The van der Waals surface area contributed by atoms with Gasteiger partial charge in [0, 0.05) is 10.6 Å². The number of aryl methyl sites for hydroxylation is 2. The Balaban J connectivity index is 1.79. The molecule has 0 aliphatic carbocycles. The lowest BCUT2D eigenvalue weighted by atomic mass is 10.1. The predicted molar refractivity (Wildman–Crippen MR) is 93.1 cm³/mol. The van der Waals surface area contributed by atoms with E-state index in [0.717, 1.165) is 17.5 Å². The number of nitrogens with one attached hydrogen (secondary N) is 2. The van der Waals surface area contributed by atoms with E-state index in [1.165, 1.54) is 0 Å². The number of benzene rings is 2. The molecule has 0 unspecified atom stereocenters. The maximum Gasteiger partial charge on any atom is 0.276 e. The Morgan fingerprint density at radius 3 is 2.42 bits per heavy atom. The predicted octanol–water partition coefficient (Wildman–Crippen LogP) is 3.05. The Kier molecular flexibility index (Phi) is 6.21. The lowest BCUT2D eigenvalue weighted by molar-refractivity contribution is -0.123. The first-order valence-corrected chi connectivity index (χ1v) is 7.94. The molecule has 0 fully saturated rings. The third kappa shape index (κ3) is 4.99. The van der Waals surface area contributed by atoms with Crippen LogP contribution in [0.3, 0.4) is 0 Å². The molecule has 0 aliphatic heterocycles. The van der Waals surface area contributed by atoms with E-state index in [4.69, 9.17) is 16.3 Å². The van der Waals surface area contributed by atoms with Gasteiger partial charge >= 0.3 is 0 Å². The van der Waals surface area contributed by atoms with Crippen molar-refractivity contribution >= 4 is 23.4 Å². The molecule has 2 amide bonds. The highest BCUT2D eigenvalue weighted by Crippen LogP contribution is 2.20. The van der Waals surface area contributed by atoms with E-state index < -0.39 is 5.91 Å². The van der Waals surface area contributed by atoms with Gasteiger partial charge in [-0.15, -0.1) is 0 Å². The molecule has 0 saturated heterocycles. The van der Waals surface area contributed by atoms with E-state index in [1.54, 1.807) is 30.3 Å². The highest BCUT2D eigenvalue weighted by molar-refractivity contribution is 6.31. The quantitative estimate of drug-likeness (QED) is 0.818. The number of hydrogen-bond donors (Lipinski definition) is 2. The highest BCUT2D eigenvalue weighted by atomic mass is 35.5. The summed E-state index contributed by atoms with van der Waals surface area (Å²) in [6.07, 6.45) is 0.903. The van der Waals surface area contributed by atoms with Crippen LogP contribution in [0.2, 0.25) is 5.02 Å². The molecule has 0 aliphatic rings. The third-order valence-electron chi connectivity index (χ3n) is 3.44. The summed E-state index contributed by atoms with van der Waals surface area (Å²) in [5.41, 5.74) is 7.14. The van der Waals surface area contributed by atoms with Gasteiger partial charge in [0.15, 0.2) is 6.61 Å². The largest absolute Gasteiger partial charge is 0.484 e. The van der Waals surface area contributed by atoms with Crippen molar-refractivity contribution in [2.45, 2.75) is 20.3 Å². The van der Waals surface area contributed by atoms with E-state index >= 15 is 0 Å². The number of amides is 2. The fraction of sp³-hybridized carbons (Fsp3) is 0.222. The first-order chi connectivity index (χ1) is 11.5. The molecule has 2 aromatic rings. The second-order valence-corrected chi connectivity index (χ2v) is 5.66. The van der Waals surface area contributed by atoms with Gasteiger partial charge in [0.2, 0.25) is 0 Å². The van der Waals surface area contributed by atoms with Crippen molar-refractivity contribution in [3.05, 3.63) is 64.2 Å². The smallest absolute Gasteiger partial charge is 0.276 e. The normalized spacial score (nSPS) is 10.1. The molecule has 6 heteroatoms. The summed E-state index contributed by atoms with van der Waals surface area (Å²) in [4.78, 5) is 23.7. The van der Waals surface area contributed by atoms with Gasteiger partial charge in [-0.3, -0.25) is 20.4 Å². The van der Waals surface area contributed by atoms with Crippen LogP contribution in [0.4, 0.5) is 0 Å². The van der Waals surface area contributed by atoms with Crippen LogP contribution in [0.5, 0.6) is 5.75 Å². The molecule has 24 heavy (non-hydrogen) atoms. The Hall–Kier alpha value is -2.53. The minimum Gasteiger partial charge on any atom is -0.484 e. The van der Waals surface area contributed by atoms with Gasteiger partial charge in [0.25, 0.3) is 11.8 Å². The van der Waals surface area contributed by atoms with Crippen molar-refractivity contribution < 1.29 is 14.3 Å². The van der Waals surface area contributed by atoms with Gasteiger partial charge in [-0.2, -0.15) is 0 Å². The summed E-state index contributed by atoms with van der Waals surface area (Å²) in [7, 11) is 0. The lowest BCUT2D eigenvalue weighted by Crippen LogP contribution is -2.43. The van der Waals surface area contributed by atoms with Gasteiger partial charge in [0.05, 0.1) is 0 Å². The Bertz CT molecular complexity index is 730. The van der Waals surface area contributed by atoms with E-state index in [1.807, 2.05) is 26.0 Å². The minimum atomic E-state index is -0.457. The van der Waals surface area contributed by atoms with E-state index in [9.17, 15) is 9.59 Å². The zero-order valence-corrected chi connectivity index (χ0v) is 14.3. The van der Waals surface area contributed by atoms with E-state index in [-0.39, 0.29) is 12.5 Å². The first kappa shape index (κ1) is 17.8. The van der Waals surface area contributed by atoms with Gasteiger partial charge < -0.3 is 4.74 Å². The molecule has 0 spiro atoms. The summed E-state index contributed by atoms with van der Waals surface area (Å²) in [6, 6.07) is 12.3. The number of ether oxygens (including phenoxy) is 1. The van der Waals surface area contributed by atoms with Crippen molar-refractivity contribution in [3.8, 4) is 5.75 Å². The summed E-state index contributed by atoms with van der Waals surface area (Å²) >= 11 is 5.92. The highest BCUT2D eigenvalue weighted by Gasteiger charge is 2.08. The molecule has 2 aromatic carbocycles. The number of halogens is 1. The fourth-order valence-corrected chi connectivity index (χ4v) is 2.10. The average molecular weight is 347 g/mol. The first-order valence-electron chi connectivity index (χ1n) is 7.56. The molecule has 0 aromatic heterocycles. The van der Waals surface area contributed by atoms with Crippen molar-refractivity contribution in [2.75, 3.05) is 6.61 Å². The van der Waals surface area contributed by atoms with E-state index in [0.29, 0.717) is 16.3 Å². The molecule has 126 valence electrons. The molecule has 5 nitrogen and oxygen atoms in total. The topological polar surface area (TPSA) is 67.4 Å². The molecular formula is C18H19ClN2O3. The van der Waals surface area contributed by atoms with Gasteiger partial charge in [0.1, 0.15) is 5.75 Å². The summed E-state index contributed by atoms with van der Waals surface area (Å²) in [5.74, 6) is -0.303. The maximum atomic E-state index is 11.9. The molecule has 0 heterocycles. The minimum absolute atomic E-state index is 0.212. The van der Waals surface area contributed by atoms with Gasteiger partial charge in [-0.25, -0.2) is 0 Å². The number of rotatable bonds is 5. The molecular weight excluding hydrogens is 328 g/mol. The number of carbonyl (C=O) groups excluding carboxylic acids is 2. The SMILES string of the molecule is CCc1ccc(C(=O)NNC(=O)COc2ccc(Cl)c(C)c2)cc1. The van der Waals surface area contributed by atoms with Crippen LogP contribution in [0.15, 0.2) is 42.5 Å². The third-order valence-corrected chi connectivity index (χ3v) is 3.86.